The fraction of sp³-hybridized carbons (Fsp3) is 0.615. The van der Waals surface area contributed by atoms with E-state index in [2.05, 4.69) is 15.2 Å². The third-order valence-electron chi connectivity index (χ3n) is 3.04. The molecule has 128 valence electrons. The lowest BCUT2D eigenvalue weighted by atomic mass is 10.4. The number of imidazole rings is 1. The molecule has 0 fully saturated rings. The van der Waals surface area contributed by atoms with Crippen LogP contribution in [0.4, 0.5) is 19.1 Å². The summed E-state index contributed by atoms with van der Waals surface area (Å²) in [5.41, 5.74) is 0. The first kappa shape index (κ1) is 17.6. The molecule has 0 aromatic carbocycles. The summed E-state index contributed by atoms with van der Waals surface area (Å²) in [5, 5.41) is 8.92. The van der Waals surface area contributed by atoms with E-state index >= 15 is 0 Å². The number of rotatable bonds is 6. The van der Waals surface area contributed by atoms with Crippen molar-refractivity contribution in [2.24, 2.45) is 0 Å². The fourth-order valence-corrected chi connectivity index (χ4v) is 3.10. The maximum absolute atomic E-state index is 12.5. The monoisotopic (exact) mass is 348 g/mol. The topological polar surface area (TPSA) is 51.8 Å². The average Bonchev–Trinajstić information content (AvgIpc) is 3.00. The van der Waals surface area contributed by atoms with Crippen molar-refractivity contribution in [3.8, 4) is 0 Å². The Morgan fingerprint density at radius 3 is 2.52 bits per heavy atom. The summed E-state index contributed by atoms with van der Waals surface area (Å²) in [7, 11) is 3.74. The highest BCUT2D eigenvalue weighted by Crippen LogP contribution is 2.28. The molecule has 10 heteroatoms. The maximum Gasteiger partial charge on any atom is 0.406 e. The van der Waals surface area contributed by atoms with Gasteiger partial charge in [-0.3, -0.25) is 4.57 Å². The Morgan fingerprint density at radius 1 is 1.26 bits per heavy atom. The van der Waals surface area contributed by atoms with Gasteiger partial charge in [-0.15, -0.1) is 10.2 Å². The molecule has 0 aliphatic carbocycles. The lowest BCUT2D eigenvalue weighted by Gasteiger charge is -2.17. The highest BCUT2D eigenvalue weighted by molar-refractivity contribution is 7.98. The molecule has 2 aromatic heterocycles. The summed E-state index contributed by atoms with van der Waals surface area (Å²) in [6.07, 6.45) is -1.56. The van der Waals surface area contributed by atoms with Crippen LogP contribution in [-0.4, -0.2) is 44.6 Å². The molecule has 0 atom stereocenters. The third kappa shape index (κ3) is 4.40. The van der Waals surface area contributed by atoms with Crippen LogP contribution < -0.4 is 4.90 Å². The Bertz CT molecular complexity index is 646. The van der Waals surface area contributed by atoms with Crippen LogP contribution in [0.3, 0.4) is 0 Å². The number of thioether (sulfide) groups is 1. The van der Waals surface area contributed by atoms with E-state index in [1.807, 2.05) is 37.4 Å². The lowest BCUT2D eigenvalue weighted by Crippen LogP contribution is -2.19. The van der Waals surface area contributed by atoms with E-state index in [-0.39, 0.29) is 6.04 Å². The van der Waals surface area contributed by atoms with Gasteiger partial charge < -0.3 is 9.47 Å². The highest BCUT2D eigenvalue weighted by Gasteiger charge is 2.29. The van der Waals surface area contributed by atoms with E-state index in [0.29, 0.717) is 22.7 Å². The Morgan fingerprint density at radius 2 is 1.96 bits per heavy atom. The molecule has 2 rings (SSSR count). The summed E-state index contributed by atoms with van der Waals surface area (Å²) in [6.45, 7) is 2.97. The Labute approximate surface area is 136 Å². The van der Waals surface area contributed by atoms with Crippen LogP contribution in [0.1, 0.15) is 25.7 Å². The molecule has 0 bridgehead atoms. The largest absolute Gasteiger partial charge is 0.406 e. The fourth-order valence-electron chi connectivity index (χ4n) is 2.07. The van der Waals surface area contributed by atoms with Gasteiger partial charge >= 0.3 is 6.18 Å². The van der Waals surface area contributed by atoms with Crippen molar-refractivity contribution in [2.45, 2.75) is 43.5 Å². The zero-order chi connectivity index (χ0) is 17.2. The molecule has 2 heterocycles. The van der Waals surface area contributed by atoms with Gasteiger partial charge in [0.25, 0.3) is 0 Å². The van der Waals surface area contributed by atoms with Gasteiger partial charge in [0.05, 0.1) is 5.75 Å². The smallest absolute Gasteiger partial charge is 0.347 e. The molecule has 0 saturated heterocycles. The molecule has 0 N–H and O–H groups in total. The zero-order valence-corrected chi connectivity index (χ0v) is 14.2. The molecule has 0 aliphatic rings. The van der Waals surface area contributed by atoms with Crippen LogP contribution in [0.5, 0.6) is 0 Å². The van der Waals surface area contributed by atoms with Crippen LogP contribution in [-0.2, 0) is 12.3 Å². The number of hydrogen-bond acceptors (Lipinski definition) is 5. The van der Waals surface area contributed by atoms with Crippen molar-refractivity contribution in [1.29, 1.82) is 0 Å². The number of nitrogens with zero attached hydrogens (tertiary/aromatic N) is 6. The van der Waals surface area contributed by atoms with Crippen molar-refractivity contribution >= 4 is 17.7 Å². The average molecular weight is 348 g/mol. The second kappa shape index (κ2) is 6.81. The first-order chi connectivity index (χ1) is 10.7. The van der Waals surface area contributed by atoms with E-state index in [1.54, 1.807) is 0 Å². The third-order valence-corrected chi connectivity index (χ3v) is 3.98. The van der Waals surface area contributed by atoms with E-state index in [1.165, 1.54) is 24.2 Å². The predicted octanol–water partition coefficient (Wildman–Crippen LogP) is 2.98. The minimum atomic E-state index is -4.27. The normalized spacial score (nSPS) is 12.2. The Hall–Kier alpha value is -1.71. The summed E-state index contributed by atoms with van der Waals surface area (Å²) in [6, 6.07) is 0.139. The number of alkyl halides is 3. The molecule has 0 spiro atoms. The molecule has 0 aliphatic heterocycles. The molecule has 6 nitrogen and oxygen atoms in total. The Balaban J connectivity index is 2.15. The van der Waals surface area contributed by atoms with Crippen molar-refractivity contribution < 1.29 is 13.2 Å². The Kier molecular flexibility index (Phi) is 5.23. The van der Waals surface area contributed by atoms with Gasteiger partial charge in [0.1, 0.15) is 12.4 Å². The van der Waals surface area contributed by atoms with E-state index in [9.17, 15) is 13.2 Å². The first-order valence-corrected chi connectivity index (χ1v) is 7.99. The number of halogens is 3. The summed E-state index contributed by atoms with van der Waals surface area (Å²) >= 11 is 1.32. The molecule has 0 radical (unpaired) electrons. The molecule has 23 heavy (non-hydrogen) atoms. The minimum Gasteiger partial charge on any atom is -0.347 e. The second-order valence-corrected chi connectivity index (χ2v) is 6.46. The lowest BCUT2D eigenvalue weighted by molar-refractivity contribution is -0.140. The van der Waals surface area contributed by atoms with Gasteiger partial charge in [-0.05, 0) is 13.8 Å². The van der Waals surface area contributed by atoms with Crippen LogP contribution in [0, 0.1) is 0 Å². The van der Waals surface area contributed by atoms with Gasteiger partial charge in [0.2, 0.25) is 5.95 Å². The number of hydrogen-bond donors (Lipinski definition) is 0. The molecular formula is C13H19F3N6S. The van der Waals surface area contributed by atoms with Gasteiger partial charge in [-0.1, -0.05) is 11.8 Å². The highest BCUT2D eigenvalue weighted by atomic mass is 32.2. The van der Waals surface area contributed by atoms with Crippen molar-refractivity contribution in [1.82, 2.24) is 24.3 Å². The quantitative estimate of drug-likeness (QED) is 0.751. The summed E-state index contributed by atoms with van der Waals surface area (Å²) in [4.78, 5) is 5.85. The second-order valence-electron chi connectivity index (χ2n) is 5.52. The molecule has 0 amide bonds. The SMILES string of the molecule is CC(C)n1c(SCc2nccn2CC(F)(F)F)nnc1N(C)C. The van der Waals surface area contributed by atoms with E-state index in [0.717, 1.165) is 4.57 Å². The predicted molar refractivity (Wildman–Crippen MR) is 82.6 cm³/mol. The van der Waals surface area contributed by atoms with Crippen LogP contribution in [0.25, 0.3) is 0 Å². The molecule has 0 saturated carbocycles. The summed E-state index contributed by atoms with van der Waals surface area (Å²) in [5.74, 6) is 1.36. The van der Waals surface area contributed by atoms with Gasteiger partial charge in [0, 0.05) is 32.5 Å². The van der Waals surface area contributed by atoms with Crippen molar-refractivity contribution in [3.63, 3.8) is 0 Å². The van der Waals surface area contributed by atoms with E-state index < -0.39 is 12.7 Å². The van der Waals surface area contributed by atoms with Crippen LogP contribution in [0.2, 0.25) is 0 Å². The molecule has 2 aromatic rings. The van der Waals surface area contributed by atoms with E-state index in [4.69, 9.17) is 0 Å². The minimum absolute atomic E-state index is 0.139. The standard InChI is InChI=1S/C13H19F3N6S/c1-9(2)22-11(20(3)4)18-19-12(22)23-7-10-17-5-6-21(10)8-13(14,15)16/h5-6,9H,7-8H2,1-4H3. The van der Waals surface area contributed by atoms with Crippen LogP contribution in [0.15, 0.2) is 17.6 Å². The van der Waals surface area contributed by atoms with Gasteiger partial charge in [0.15, 0.2) is 5.16 Å². The maximum atomic E-state index is 12.5. The molecular weight excluding hydrogens is 329 g/mol. The first-order valence-electron chi connectivity index (χ1n) is 7.01. The van der Waals surface area contributed by atoms with Gasteiger partial charge in [-0.25, -0.2) is 4.98 Å². The number of anilines is 1. The summed E-state index contributed by atoms with van der Waals surface area (Å²) < 4.78 is 40.7. The number of aromatic nitrogens is 5. The van der Waals surface area contributed by atoms with Gasteiger partial charge in [-0.2, -0.15) is 13.2 Å². The zero-order valence-electron chi connectivity index (χ0n) is 13.4. The molecule has 0 unspecified atom stereocenters. The van der Waals surface area contributed by atoms with Crippen LogP contribution >= 0.6 is 11.8 Å². The van der Waals surface area contributed by atoms with Crippen molar-refractivity contribution in [2.75, 3.05) is 19.0 Å². The van der Waals surface area contributed by atoms with Crippen molar-refractivity contribution in [3.05, 3.63) is 18.2 Å².